The molecular formula is C14H21NO4S. The molecule has 0 radical (unpaired) electrons. The summed E-state index contributed by atoms with van der Waals surface area (Å²) < 4.78 is 34.6. The van der Waals surface area contributed by atoms with E-state index < -0.39 is 9.84 Å². The highest BCUT2D eigenvalue weighted by molar-refractivity contribution is 7.92. The van der Waals surface area contributed by atoms with Gasteiger partial charge >= 0.3 is 0 Å². The minimum Gasteiger partial charge on any atom is -0.490 e. The number of anilines is 1. The minimum atomic E-state index is -3.01. The van der Waals surface area contributed by atoms with Crippen LogP contribution in [0.5, 0.6) is 11.5 Å². The van der Waals surface area contributed by atoms with E-state index >= 15 is 0 Å². The Hall–Kier alpha value is -1.43. The van der Waals surface area contributed by atoms with E-state index in [9.17, 15) is 8.42 Å². The highest BCUT2D eigenvalue weighted by atomic mass is 32.2. The van der Waals surface area contributed by atoms with Gasteiger partial charge in [0.2, 0.25) is 0 Å². The van der Waals surface area contributed by atoms with Crippen LogP contribution in [0.2, 0.25) is 0 Å². The minimum absolute atomic E-state index is 0.124. The predicted molar refractivity (Wildman–Crippen MR) is 79.5 cm³/mol. The van der Waals surface area contributed by atoms with Crippen LogP contribution in [0.15, 0.2) is 18.2 Å². The number of nitrogens with one attached hydrogen (secondary N) is 1. The lowest BCUT2D eigenvalue weighted by Crippen LogP contribution is -2.22. The second-order valence-electron chi connectivity index (χ2n) is 5.05. The van der Waals surface area contributed by atoms with Crippen LogP contribution in [-0.4, -0.2) is 39.2 Å². The molecule has 0 bridgehead atoms. The summed E-state index contributed by atoms with van der Waals surface area (Å²) >= 11 is 0. The van der Waals surface area contributed by atoms with Gasteiger partial charge in [-0.15, -0.1) is 0 Å². The van der Waals surface area contributed by atoms with E-state index in [0.717, 1.165) is 17.9 Å². The topological polar surface area (TPSA) is 64.6 Å². The van der Waals surface area contributed by atoms with Gasteiger partial charge in [0.15, 0.2) is 21.3 Å². The fourth-order valence-electron chi connectivity index (χ4n) is 1.85. The lowest BCUT2D eigenvalue weighted by atomic mass is 10.2. The smallest absolute Gasteiger partial charge is 0.163 e. The third-order valence-corrected chi connectivity index (χ3v) is 5.39. The lowest BCUT2D eigenvalue weighted by molar-refractivity contribution is 0.297. The Kier molecular flexibility index (Phi) is 4.75. The Morgan fingerprint density at radius 1 is 1.20 bits per heavy atom. The van der Waals surface area contributed by atoms with Crippen molar-refractivity contribution >= 4 is 15.5 Å². The van der Waals surface area contributed by atoms with Crippen molar-refractivity contribution in [1.29, 1.82) is 0 Å². The molecule has 0 amide bonds. The van der Waals surface area contributed by atoms with Crippen LogP contribution >= 0.6 is 0 Å². The molecule has 1 aromatic rings. The van der Waals surface area contributed by atoms with Gasteiger partial charge < -0.3 is 14.8 Å². The quantitative estimate of drug-likeness (QED) is 0.902. The number of sulfone groups is 1. The van der Waals surface area contributed by atoms with Crippen molar-refractivity contribution in [2.45, 2.75) is 25.5 Å². The maximum absolute atomic E-state index is 11.7. The van der Waals surface area contributed by atoms with Gasteiger partial charge in [-0.3, -0.25) is 0 Å². The number of rotatable bonds is 5. The van der Waals surface area contributed by atoms with Crippen molar-refractivity contribution in [2.75, 3.05) is 30.8 Å². The second-order valence-corrected chi connectivity index (χ2v) is 7.73. The van der Waals surface area contributed by atoms with Gasteiger partial charge in [0.05, 0.1) is 24.2 Å². The summed E-state index contributed by atoms with van der Waals surface area (Å²) in [5.41, 5.74) is 0.841. The van der Waals surface area contributed by atoms with Gasteiger partial charge in [0.1, 0.15) is 0 Å². The standard InChI is InChI=1S/C14H21NO4S/c1-11(2)20(16,17)9-6-15-12-4-5-13-14(10-12)19-8-3-7-18-13/h4-5,10-11,15H,3,6-9H2,1-2H3. The third-order valence-electron chi connectivity index (χ3n) is 3.18. The van der Waals surface area contributed by atoms with Gasteiger partial charge in [-0.2, -0.15) is 0 Å². The van der Waals surface area contributed by atoms with Crippen molar-refractivity contribution in [3.8, 4) is 11.5 Å². The highest BCUT2D eigenvalue weighted by Gasteiger charge is 2.15. The van der Waals surface area contributed by atoms with E-state index in [1.54, 1.807) is 13.8 Å². The number of hydrogen-bond acceptors (Lipinski definition) is 5. The van der Waals surface area contributed by atoms with E-state index in [0.29, 0.717) is 25.5 Å². The van der Waals surface area contributed by atoms with Crippen molar-refractivity contribution in [3.05, 3.63) is 18.2 Å². The van der Waals surface area contributed by atoms with Crippen molar-refractivity contribution in [1.82, 2.24) is 0 Å². The molecule has 2 rings (SSSR count). The molecule has 1 aromatic carbocycles. The fraction of sp³-hybridized carbons (Fsp3) is 0.571. The fourth-order valence-corrected chi connectivity index (χ4v) is 2.70. The molecule has 0 saturated heterocycles. The summed E-state index contributed by atoms with van der Waals surface area (Å²) in [7, 11) is -3.01. The second kappa shape index (κ2) is 6.35. The molecule has 0 aliphatic carbocycles. The van der Waals surface area contributed by atoms with Crippen LogP contribution in [-0.2, 0) is 9.84 Å². The average Bonchev–Trinajstić information content (AvgIpc) is 2.63. The molecule has 0 unspecified atom stereocenters. The van der Waals surface area contributed by atoms with E-state index in [-0.39, 0.29) is 11.0 Å². The average molecular weight is 299 g/mol. The van der Waals surface area contributed by atoms with E-state index in [4.69, 9.17) is 9.47 Å². The number of fused-ring (bicyclic) bond motifs is 1. The molecule has 0 spiro atoms. The molecule has 6 heteroatoms. The summed E-state index contributed by atoms with van der Waals surface area (Å²) in [5.74, 6) is 1.57. The molecular weight excluding hydrogens is 278 g/mol. The summed E-state index contributed by atoms with van der Waals surface area (Å²) in [5, 5.41) is 2.77. The van der Waals surface area contributed by atoms with Crippen LogP contribution < -0.4 is 14.8 Å². The molecule has 0 saturated carbocycles. The zero-order valence-electron chi connectivity index (χ0n) is 11.9. The van der Waals surface area contributed by atoms with Gasteiger partial charge in [-0.05, 0) is 26.0 Å². The highest BCUT2D eigenvalue weighted by Crippen LogP contribution is 2.32. The maximum atomic E-state index is 11.7. The number of benzene rings is 1. The maximum Gasteiger partial charge on any atom is 0.163 e. The van der Waals surface area contributed by atoms with Crippen LogP contribution in [0.3, 0.4) is 0 Å². The Morgan fingerprint density at radius 2 is 1.90 bits per heavy atom. The molecule has 1 N–H and O–H groups in total. The van der Waals surface area contributed by atoms with Crippen LogP contribution in [0.4, 0.5) is 5.69 Å². The molecule has 0 atom stereocenters. The Bertz CT molecular complexity index is 554. The zero-order chi connectivity index (χ0) is 14.6. The zero-order valence-corrected chi connectivity index (χ0v) is 12.7. The molecule has 20 heavy (non-hydrogen) atoms. The third kappa shape index (κ3) is 3.79. The molecule has 0 aromatic heterocycles. The first-order valence-electron chi connectivity index (χ1n) is 6.84. The van der Waals surface area contributed by atoms with Crippen molar-refractivity contribution in [3.63, 3.8) is 0 Å². The Labute approximate surface area is 120 Å². The van der Waals surface area contributed by atoms with Crippen LogP contribution in [0.1, 0.15) is 20.3 Å². The summed E-state index contributed by atoms with van der Waals surface area (Å²) in [6.45, 7) is 5.08. The first-order valence-corrected chi connectivity index (χ1v) is 8.56. The number of hydrogen-bond donors (Lipinski definition) is 1. The molecule has 1 aliphatic rings. The number of ether oxygens (including phenoxy) is 2. The van der Waals surface area contributed by atoms with Gasteiger partial charge in [-0.25, -0.2) is 8.42 Å². The van der Waals surface area contributed by atoms with Crippen molar-refractivity contribution in [2.24, 2.45) is 0 Å². The first kappa shape index (κ1) is 15.0. The van der Waals surface area contributed by atoms with Crippen LogP contribution in [0.25, 0.3) is 0 Å². The van der Waals surface area contributed by atoms with Gasteiger partial charge in [0.25, 0.3) is 0 Å². The van der Waals surface area contributed by atoms with Crippen molar-refractivity contribution < 1.29 is 17.9 Å². The molecule has 112 valence electrons. The molecule has 1 aliphatic heterocycles. The predicted octanol–water partition coefficient (Wildman–Crippen LogP) is 2.08. The molecule has 1 heterocycles. The first-order chi connectivity index (χ1) is 9.49. The molecule has 5 nitrogen and oxygen atoms in total. The van der Waals surface area contributed by atoms with Gasteiger partial charge in [0, 0.05) is 24.7 Å². The molecule has 0 fully saturated rings. The summed E-state index contributed by atoms with van der Waals surface area (Å²) in [4.78, 5) is 0. The lowest BCUT2D eigenvalue weighted by Gasteiger charge is -2.12. The Morgan fingerprint density at radius 3 is 2.60 bits per heavy atom. The van der Waals surface area contributed by atoms with E-state index in [1.807, 2.05) is 18.2 Å². The van der Waals surface area contributed by atoms with Crippen LogP contribution in [0, 0.1) is 0 Å². The van der Waals surface area contributed by atoms with Gasteiger partial charge in [-0.1, -0.05) is 0 Å². The normalized spacial score (nSPS) is 14.9. The Balaban J connectivity index is 1.96. The van der Waals surface area contributed by atoms with E-state index in [2.05, 4.69) is 5.32 Å². The monoisotopic (exact) mass is 299 g/mol. The largest absolute Gasteiger partial charge is 0.490 e. The van der Waals surface area contributed by atoms with E-state index in [1.165, 1.54) is 0 Å². The SMILES string of the molecule is CC(C)S(=O)(=O)CCNc1ccc2c(c1)OCCCO2. The summed E-state index contributed by atoms with van der Waals surface area (Å²) in [6.07, 6.45) is 0.865. The summed E-state index contributed by atoms with van der Waals surface area (Å²) in [6, 6.07) is 5.57.